The van der Waals surface area contributed by atoms with E-state index in [0.29, 0.717) is 18.8 Å². The summed E-state index contributed by atoms with van der Waals surface area (Å²) in [5.74, 6) is 0.737. The molecule has 1 aromatic carbocycles. The van der Waals surface area contributed by atoms with Gasteiger partial charge in [-0.05, 0) is 30.7 Å². The van der Waals surface area contributed by atoms with E-state index in [0.717, 1.165) is 28.2 Å². The standard InChI is InChI=1S/C14H14N4O/c1-8-16-11(7-15)6-13(17-8)9-2-3-12-10(4-9)5-14(19)18-12/h2-4,6H,5,7,15H2,1H3,(H,18,19). The summed E-state index contributed by atoms with van der Waals surface area (Å²) in [6, 6.07) is 7.75. The second kappa shape index (κ2) is 4.44. The Hall–Kier alpha value is -2.27. The smallest absolute Gasteiger partial charge is 0.228 e. The van der Waals surface area contributed by atoms with Crippen LogP contribution in [0.3, 0.4) is 0 Å². The zero-order valence-corrected chi connectivity index (χ0v) is 10.6. The van der Waals surface area contributed by atoms with E-state index >= 15 is 0 Å². The summed E-state index contributed by atoms with van der Waals surface area (Å²) in [5.41, 5.74) is 10.2. The molecule has 19 heavy (non-hydrogen) atoms. The van der Waals surface area contributed by atoms with E-state index < -0.39 is 0 Å². The van der Waals surface area contributed by atoms with Crippen molar-refractivity contribution >= 4 is 11.6 Å². The van der Waals surface area contributed by atoms with Crippen LogP contribution in [0.15, 0.2) is 24.3 Å². The molecule has 2 aromatic rings. The Morgan fingerprint density at radius 3 is 2.95 bits per heavy atom. The zero-order chi connectivity index (χ0) is 13.4. The monoisotopic (exact) mass is 254 g/mol. The summed E-state index contributed by atoms with van der Waals surface area (Å²) in [4.78, 5) is 20.0. The van der Waals surface area contributed by atoms with E-state index in [9.17, 15) is 4.79 Å². The molecule has 0 atom stereocenters. The average molecular weight is 254 g/mol. The largest absolute Gasteiger partial charge is 0.326 e. The first-order valence-electron chi connectivity index (χ1n) is 6.13. The molecule has 0 aliphatic carbocycles. The second-order valence-electron chi connectivity index (χ2n) is 4.59. The quantitative estimate of drug-likeness (QED) is 0.849. The van der Waals surface area contributed by atoms with Gasteiger partial charge in [-0.3, -0.25) is 4.79 Å². The van der Waals surface area contributed by atoms with Crippen molar-refractivity contribution in [2.45, 2.75) is 19.9 Å². The van der Waals surface area contributed by atoms with Gasteiger partial charge in [0.1, 0.15) is 5.82 Å². The van der Waals surface area contributed by atoms with Gasteiger partial charge in [0.15, 0.2) is 0 Å². The van der Waals surface area contributed by atoms with Crippen LogP contribution in [0.2, 0.25) is 0 Å². The molecule has 0 bridgehead atoms. The number of carbonyl (C=O) groups excluding carboxylic acids is 1. The number of hydrogen-bond acceptors (Lipinski definition) is 4. The lowest BCUT2D eigenvalue weighted by Crippen LogP contribution is -2.03. The molecule has 2 heterocycles. The fourth-order valence-corrected chi connectivity index (χ4v) is 2.27. The van der Waals surface area contributed by atoms with Crippen molar-refractivity contribution in [3.05, 3.63) is 41.3 Å². The summed E-state index contributed by atoms with van der Waals surface area (Å²) in [6.07, 6.45) is 0.428. The molecule has 5 heteroatoms. The number of nitrogens with one attached hydrogen (secondary N) is 1. The Morgan fingerprint density at radius 2 is 2.16 bits per heavy atom. The maximum atomic E-state index is 11.3. The fraction of sp³-hybridized carbons (Fsp3) is 0.214. The Kier molecular flexibility index (Phi) is 2.76. The van der Waals surface area contributed by atoms with Crippen molar-refractivity contribution in [3.63, 3.8) is 0 Å². The van der Waals surface area contributed by atoms with E-state index in [-0.39, 0.29) is 5.91 Å². The van der Waals surface area contributed by atoms with Gasteiger partial charge in [0.05, 0.1) is 17.8 Å². The van der Waals surface area contributed by atoms with Gasteiger partial charge in [-0.1, -0.05) is 6.07 Å². The van der Waals surface area contributed by atoms with Gasteiger partial charge in [0.2, 0.25) is 5.91 Å². The van der Waals surface area contributed by atoms with E-state index in [1.54, 1.807) is 0 Å². The summed E-state index contributed by atoms with van der Waals surface area (Å²) in [6.45, 7) is 2.24. The van der Waals surface area contributed by atoms with Crippen LogP contribution in [0.5, 0.6) is 0 Å². The molecule has 0 spiro atoms. The number of rotatable bonds is 2. The lowest BCUT2D eigenvalue weighted by molar-refractivity contribution is -0.115. The summed E-state index contributed by atoms with van der Waals surface area (Å²) in [7, 11) is 0. The maximum absolute atomic E-state index is 11.3. The molecule has 5 nitrogen and oxygen atoms in total. The second-order valence-corrected chi connectivity index (χ2v) is 4.59. The Balaban J connectivity index is 2.06. The van der Waals surface area contributed by atoms with Crippen molar-refractivity contribution in [1.82, 2.24) is 9.97 Å². The first kappa shape index (κ1) is 11.8. The number of fused-ring (bicyclic) bond motifs is 1. The molecule has 0 saturated heterocycles. The Morgan fingerprint density at radius 1 is 1.32 bits per heavy atom. The lowest BCUT2D eigenvalue weighted by Gasteiger charge is -2.06. The highest BCUT2D eigenvalue weighted by Crippen LogP contribution is 2.28. The van der Waals surface area contributed by atoms with E-state index in [2.05, 4.69) is 15.3 Å². The summed E-state index contributed by atoms with van der Waals surface area (Å²) in [5, 5.41) is 2.82. The molecular formula is C14H14N4O. The van der Waals surface area contributed by atoms with Crippen LogP contribution in [-0.4, -0.2) is 15.9 Å². The maximum Gasteiger partial charge on any atom is 0.228 e. The van der Waals surface area contributed by atoms with Crippen molar-refractivity contribution in [2.75, 3.05) is 5.32 Å². The van der Waals surface area contributed by atoms with Crippen molar-refractivity contribution in [2.24, 2.45) is 5.73 Å². The highest BCUT2D eigenvalue weighted by Gasteiger charge is 2.18. The number of benzene rings is 1. The molecule has 0 radical (unpaired) electrons. The lowest BCUT2D eigenvalue weighted by atomic mass is 10.1. The van der Waals surface area contributed by atoms with Gasteiger partial charge in [0, 0.05) is 17.8 Å². The van der Waals surface area contributed by atoms with Gasteiger partial charge in [0.25, 0.3) is 0 Å². The Labute approximate surface area is 110 Å². The van der Waals surface area contributed by atoms with Crippen LogP contribution in [0.1, 0.15) is 17.1 Å². The van der Waals surface area contributed by atoms with E-state index in [4.69, 9.17) is 5.73 Å². The summed E-state index contributed by atoms with van der Waals surface area (Å²) >= 11 is 0. The number of aromatic nitrogens is 2. The van der Waals surface area contributed by atoms with Crippen LogP contribution >= 0.6 is 0 Å². The molecule has 0 saturated carbocycles. The topological polar surface area (TPSA) is 80.9 Å². The minimum absolute atomic E-state index is 0.0358. The van der Waals surface area contributed by atoms with Crippen LogP contribution in [0, 0.1) is 6.92 Å². The number of carbonyl (C=O) groups is 1. The third-order valence-electron chi connectivity index (χ3n) is 3.13. The molecule has 3 N–H and O–H groups in total. The molecule has 0 fully saturated rings. The van der Waals surface area contributed by atoms with Crippen LogP contribution in [0.25, 0.3) is 11.3 Å². The zero-order valence-electron chi connectivity index (χ0n) is 10.6. The van der Waals surface area contributed by atoms with Crippen LogP contribution < -0.4 is 11.1 Å². The normalized spacial score (nSPS) is 13.3. The minimum Gasteiger partial charge on any atom is -0.326 e. The van der Waals surface area contributed by atoms with Crippen molar-refractivity contribution < 1.29 is 4.79 Å². The highest BCUT2D eigenvalue weighted by atomic mass is 16.1. The predicted molar refractivity (Wildman–Crippen MR) is 72.4 cm³/mol. The minimum atomic E-state index is 0.0358. The first-order chi connectivity index (χ1) is 9.15. The molecule has 3 rings (SSSR count). The molecule has 96 valence electrons. The van der Waals surface area contributed by atoms with Crippen LogP contribution in [-0.2, 0) is 17.8 Å². The molecule has 0 unspecified atom stereocenters. The highest BCUT2D eigenvalue weighted by molar-refractivity contribution is 5.99. The van der Waals surface area contributed by atoms with Gasteiger partial charge in [-0.15, -0.1) is 0 Å². The van der Waals surface area contributed by atoms with Gasteiger partial charge >= 0.3 is 0 Å². The number of amides is 1. The van der Waals surface area contributed by atoms with E-state index in [1.807, 2.05) is 31.2 Å². The van der Waals surface area contributed by atoms with E-state index in [1.165, 1.54) is 0 Å². The molecule has 1 aromatic heterocycles. The predicted octanol–water partition coefficient (Wildman–Crippen LogP) is 1.41. The fourth-order valence-electron chi connectivity index (χ4n) is 2.27. The third-order valence-corrected chi connectivity index (χ3v) is 3.13. The SMILES string of the molecule is Cc1nc(CN)cc(-c2ccc3c(c2)CC(=O)N3)n1. The Bertz CT molecular complexity index is 666. The van der Waals surface area contributed by atoms with Gasteiger partial charge in [-0.25, -0.2) is 9.97 Å². The number of hydrogen-bond donors (Lipinski definition) is 2. The third kappa shape index (κ3) is 2.20. The molecular weight excluding hydrogens is 240 g/mol. The summed E-state index contributed by atoms with van der Waals surface area (Å²) < 4.78 is 0. The number of anilines is 1. The number of aryl methyl sites for hydroxylation is 1. The number of nitrogens with zero attached hydrogens (tertiary/aromatic N) is 2. The molecule has 1 amide bonds. The average Bonchev–Trinajstić information content (AvgIpc) is 2.76. The van der Waals surface area contributed by atoms with Crippen molar-refractivity contribution in [1.29, 1.82) is 0 Å². The van der Waals surface area contributed by atoms with Crippen LogP contribution in [0.4, 0.5) is 5.69 Å². The number of nitrogens with two attached hydrogens (primary N) is 1. The van der Waals surface area contributed by atoms with Crippen molar-refractivity contribution in [3.8, 4) is 11.3 Å². The van der Waals surface area contributed by atoms with Gasteiger partial charge in [-0.2, -0.15) is 0 Å². The van der Waals surface area contributed by atoms with Gasteiger partial charge < -0.3 is 11.1 Å². The first-order valence-corrected chi connectivity index (χ1v) is 6.13. The molecule has 1 aliphatic rings. The molecule has 1 aliphatic heterocycles.